The molecule has 2 N–H and O–H groups in total. The summed E-state index contributed by atoms with van der Waals surface area (Å²) in [5.74, 6) is 0.836. The third-order valence-electron chi connectivity index (χ3n) is 6.94. The van der Waals surface area contributed by atoms with Crippen LogP contribution in [0.25, 0.3) is 44.9 Å². The molecular weight excluding hydrogens is 525 g/mol. The number of rotatable bonds is 6. The van der Waals surface area contributed by atoms with Crippen molar-refractivity contribution in [1.29, 1.82) is 0 Å². The van der Waals surface area contributed by atoms with Gasteiger partial charge in [0.25, 0.3) is 0 Å². The molecule has 0 bridgehead atoms. The first kappa shape index (κ1) is 26.2. The Morgan fingerprint density at radius 2 is 1.56 bits per heavy atom. The van der Waals surface area contributed by atoms with E-state index in [9.17, 15) is 13.2 Å². The molecule has 0 fully saturated rings. The third kappa shape index (κ3) is 5.51. The van der Waals surface area contributed by atoms with E-state index in [2.05, 4.69) is 15.3 Å². The average Bonchev–Trinajstić information content (AvgIpc) is 3.41. The fourth-order valence-electron chi connectivity index (χ4n) is 4.75. The lowest BCUT2D eigenvalue weighted by Gasteiger charge is -2.17. The van der Waals surface area contributed by atoms with Gasteiger partial charge in [-0.05, 0) is 78.6 Å². The highest BCUT2D eigenvalue weighted by atomic mass is 19.4. The average molecular weight is 551 g/mol. The van der Waals surface area contributed by atoms with Gasteiger partial charge in [-0.3, -0.25) is 4.98 Å². The summed E-state index contributed by atoms with van der Waals surface area (Å²) in [5.41, 5.74) is 6.63. The molecule has 6 rings (SSSR count). The Kier molecular flexibility index (Phi) is 6.70. The van der Waals surface area contributed by atoms with E-state index in [1.54, 1.807) is 25.4 Å². The Morgan fingerprint density at radius 3 is 2.34 bits per heavy atom. The molecule has 0 aliphatic carbocycles. The van der Waals surface area contributed by atoms with Crippen molar-refractivity contribution in [2.75, 3.05) is 5.32 Å². The third-order valence-corrected chi connectivity index (χ3v) is 6.94. The molecule has 9 heteroatoms. The fraction of sp³-hybridized carbons (Fsp3) is 0.125. The largest absolute Gasteiger partial charge is 0.416 e. The molecule has 0 spiro atoms. The van der Waals surface area contributed by atoms with Crippen LogP contribution in [-0.4, -0.2) is 24.9 Å². The Labute approximate surface area is 234 Å². The van der Waals surface area contributed by atoms with Crippen molar-refractivity contribution >= 4 is 17.0 Å². The molecule has 41 heavy (non-hydrogen) atoms. The van der Waals surface area contributed by atoms with Crippen LogP contribution in [0, 0.1) is 6.92 Å². The Hall–Kier alpha value is -5.05. The number of aryl methyl sites for hydroxylation is 1. The Bertz CT molecular complexity index is 1850. The van der Waals surface area contributed by atoms with E-state index in [-0.39, 0.29) is 5.95 Å². The summed E-state index contributed by atoms with van der Waals surface area (Å²) >= 11 is 0. The van der Waals surface area contributed by atoms with Gasteiger partial charge in [-0.2, -0.15) is 13.2 Å². The maximum atomic E-state index is 13.3. The van der Waals surface area contributed by atoms with E-state index in [1.165, 1.54) is 6.07 Å². The molecule has 6 nitrogen and oxygen atoms in total. The number of nitrogens with zero attached hydrogens (tertiary/aromatic N) is 4. The van der Waals surface area contributed by atoms with Crippen LogP contribution in [-0.2, 0) is 6.18 Å². The van der Waals surface area contributed by atoms with E-state index in [1.807, 2.05) is 67.6 Å². The molecule has 0 aliphatic rings. The Balaban J connectivity index is 1.41. The lowest BCUT2D eigenvalue weighted by Crippen LogP contribution is -2.12. The monoisotopic (exact) mass is 550 g/mol. The van der Waals surface area contributed by atoms with E-state index < -0.39 is 17.8 Å². The van der Waals surface area contributed by atoms with Crippen LogP contribution in [0.15, 0.2) is 97.3 Å². The number of hydrogen-bond donors (Lipinski definition) is 2. The van der Waals surface area contributed by atoms with Crippen molar-refractivity contribution in [2.24, 2.45) is 0 Å². The standard InChI is InChI=1S/C32H25F3N6/c1-19-6-3-4-9-25(19)27-18-29(30-38-26-11-10-23(17-28(26)39-30)21-12-14-36-15-13-21)41-31(40-27)37-20(2)22-7-5-8-24(16-22)32(33,34)35/h3-18,20H,1-2H3,(H,38,39)(H,37,40,41)/t20-/m0/s1. The highest BCUT2D eigenvalue weighted by Gasteiger charge is 2.30. The number of H-pyrrole nitrogens is 1. The number of halogens is 3. The maximum absolute atomic E-state index is 13.3. The molecule has 6 aromatic rings. The van der Waals surface area contributed by atoms with Crippen molar-refractivity contribution in [2.45, 2.75) is 26.1 Å². The number of benzene rings is 3. The van der Waals surface area contributed by atoms with Gasteiger partial charge in [-0.25, -0.2) is 15.0 Å². The molecule has 0 saturated heterocycles. The van der Waals surface area contributed by atoms with Crippen LogP contribution < -0.4 is 5.32 Å². The van der Waals surface area contributed by atoms with Crippen LogP contribution in [0.3, 0.4) is 0 Å². The number of aromatic amines is 1. The second-order valence-electron chi connectivity index (χ2n) is 9.82. The highest BCUT2D eigenvalue weighted by Crippen LogP contribution is 2.33. The van der Waals surface area contributed by atoms with E-state index in [4.69, 9.17) is 15.0 Å². The number of anilines is 1. The van der Waals surface area contributed by atoms with Gasteiger partial charge in [0.15, 0.2) is 5.82 Å². The minimum absolute atomic E-state index is 0.281. The summed E-state index contributed by atoms with van der Waals surface area (Å²) in [6, 6.07) is 24.4. The summed E-state index contributed by atoms with van der Waals surface area (Å²) in [6.45, 7) is 3.78. The van der Waals surface area contributed by atoms with Crippen LogP contribution in [0.1, 0.15) is 29.7 Å². The van der Waals surface area contributed by atoms with E-state index >= 15 is 0 Å². The molecule has 3 aromatic carbocycles. The van der Waals surface area contributed by atoms with Crippen LogP contribution >= 0.6 is 0 Å². The first-order valence-corrected chi connectivity index (χ1v) is 13.0. The highest BCUT2D eigenvalue weighted by molar-refractivity contribution is 5.84. The lowest BCUT2D eigenvalue weighted by molar-refractivity contribution is -0.137. The quantitative estimate of drug-likeness (QED) is 0.218. The van der Waals surface area contributed by atoms with E-state index in [0.717, 1.165) is 45.4 Å². The van der Waals surface area contributed by atoms with Gasteiger partial charge in [0.05, 0.1) is 28.3 Å². The van der Waals surface area contributed by atoms with Crippen molar-refractivity contribution in [3.63, 3.8) is 0 Å². The first-order valence-electron chi connectivity index (χ1n) is 13.0. The van der Waals surface area contributed by atoms with Gasteiger partial charge in [-0.15, -0.1) is 0 Å². The molecule has 3 aromatic heterocycles. The van der Waals surface area contributed by atoms with Gasteiger partial charge < -0.3 is 10.3 Å². The topological polar surface area (TPSA) is 79.4 Å². The zero-order chi connectivity index (χ0) is 28.6. The summed E-state index contributed by atoms with van der Waals surface area (Å²) in [6.07, 6.45) is -0.926. The number of aromatic nitrogens is 5. The van der Waals surface area contributed by atoms with Crippen LogP contribution in [0.4, 0.5) is 19.1 Å². The summed E-state index contributed by atoms with van der Waals surface area (Å²) in [4.78, 5) is 21.7. The minimum Gasteiger partial charge on any atom is -0.348 e. The minimum atomic E-state index is -4.43. The molecule has 0 saturated carbocycles. The lowest BCUT2D eigenvalue weighted by atomic mass is 10.0. The van der Waals surface area contributed by atoms with Crippen molar-refractivity contribution in [1.82, 2.24) is 24.9 Å². The van der Waals surface area contributed by atoms with Gasteiger partial charge in [0, 0.05) is 18.0 Å². The number of hydrogen-bond acceptors (Lipinski definition) is 5. The molecule has 3 heterocycles. The maximum Gasteiger partial charge on any atom is 0.416 e. The molecule has 0 amide bonds. The van der Waals surface area contributed by atoms with Crippen molar-refractivity contribution in [3.05, 3.63) is 114 Å². The summed E-state index contributed by atoms with van der Waals surface area (Å²) in [7, 11) is 0. The fourth-order valence-corrected chi connectivity index (χ4v) is 4.75. The van der Waals surface area contributed by atoms with Gasteiger partial charge >= 0.3 is 6.18 Å². The Morgan fingerprint density at radius 1 is 0.780 bits per heavy atom. The second kappa shape index (κ2) is 10.5. The number of pyridine rings is 1. The van der Waals surface area contributed by atoms with Crippen LogP contribution in [0.2, 0.25) is 0 Å². The van der Waals surface area contributed by atoms with Crippen molar-refractivity contribution < 1.29 is 13.2 Å². The van der Waals surface area contributed by atoms with Crippen molar-refractivity contribution in [3.8, 4) is 33.9 Å². The molecule has 0 radical (unpaired) electrons. The zero-order valence-electron chi connectivity index (χ0n) is 22.2. The molecule has 204 valence electrons. The number of fused-ring (bicyclic) bond motifs is 1. The van der Waals surface area contributed by atoms with E-state index in [0.29, 0.717) is 22.8 Å². The zero-order valence-corrected chi connectivity index (χ0v) is 22.2. The first-order chi connectivity index (χ1) is 19.7. The molecule has 1 atom stereocenters. The smallest absolute Gasteiger partial charge is 0.348 e. The molecule has 0 unspecified atom stereocenters. The number of nitrogens with one attached hydrogen (secondary N) is 2. The SMILES string of the molecule is Cc1ccccc1-c1cc(-c2nc3ccc(-c4ccncc4)cc3[nH]2)nc(N[C@@H](C)c2cccc(C(F)(F)F)c2)n1. The number of imidazole rings is 1. The molecular formula is C32H25F3N6. The normalized spacial score (nSPS) is 12.4. The van der Waals surface area contributed by atoms with Crippen LogP contribution in [0.5, 0.6) is 0 Å². The van der Waals surface area contributed by atoms with Gasteiger partial charge in [-0.1, -0.05) is 42.5 Å². The summed E-state index contributed by atoms with van der Waals surface area (Å²) in [5, 5.41) is 3.20. The molecule has 0 aliphatic heterocycles. The second-order valence-corrected chi connectivity index (χ2v) is 9.82. The summed E-state index contributed by atoms with van der Waals surface area (Å²) < 4.78 is 40.0. The van der Waals surface area contributed by atoms with Gasteiger partial charge in [0.2, 0.25) is 5.95 Å². The number of alkyl halides is 3. The van der Waals surface area contributed by atoms with Gasteiger partial charge in [0.1, 0.15) is 5.69 Å². The predicted molar refractivity (Wildman–Crippen MR) is 154 cm³/mol. The predicted octanol–water partition coefficient (Wildman–Crippen LogP) is 8.25.